The van der Waals surface area contributed by atoms with Crippen LogP contribution in [0.15, 0.2) is 49.3 Å². The predicted molar refractivity (Wildman–Crippen MR) is 63.5 cm³/mol. The van der Waals surface area contributed by atoms with Crippen LogP contribution in [0.2, 0.25) is 13.1 Å². The summed E-state index contributed by atoms with van der Waals surface area (Å²) in [6, 6.07) is 8.17. The van der Waals surface area contributed by atoms with E-state index in [-0.39, 0.29) is 0 Å². The zero-order valence-corrected chi connectivity index (χ0v) is 9.66. The molecule has 0 spiro atoms. The number of rotatable bonds is 4. The summed E-state index contributed by atoms with van der Waals surface area (Å²) < 4.78 is 5.51. The Morgan fingerprint density at radius 1 is 1.29 bits per heavy atom. The van der Waals surface area contributed by atoms with Gasteiger partial charge < -0.3 is 4.74 Å². The maximum absolute atomic E-state index is 5.51. The van der Waals surface area contributed by atoms with E-state index in [1.165, 1.54) is 5.19 Å². The van der Waals surface area contributed by atoms with Crippen molar-refractivity contribution in [2.45, 2.75) is 13.1 Å². The largest absolute Gasteiger partial charge is 0.465 e. The van der Waals surface area contributed by atoms with E-state index in [4.69, 9.17) is 4.74 Å². The highest BCUT2D eigenvalue weighted by molar-refractivity contribution is 6.71. The first-order valence-electron chi connectivity index (χ1n) is 4.59. The van der Waals surface area contributed by atoms with Gasteiger partial charge in [-0.2, -0.15) is 0 Å². The van der Waals surface area contributed by atoms with Gasteiger partial charge in [0, 0.05) is 0 Å². The molecule has 0 bridgehead atoms. The summed E-state index contributed by atoms with van der Waals surface area (Å²) in [5, 5.41) is 1.33. The predicted octanol–water partition coefficient (Wildman–Crippen LogP) is 2.73. The molecule has 73 valence electrons. The summed E-state index contributed by atoms with van der Waals surface area (Å²) in [7, 11) is -0.463. The SMILES string of the molecule is C=CC=COc1ccccc1[Si](C)C. The number of ether oxygens (including phenoxy) is 1. The van der Waals surface area contributed by atoms with Crippen LogP contribution < -0.4 is 9.92 Å². The van der Waals surface area contributed by atoms with Crippen molar-refractivity contribution in [1.29, 1.82) is 0 Å². The van der Waals surface area contributed by atoms with Crippen molar-refractivity contribution in [3.8, 4) is 5.75 Å². The number of para-hydroxylation sites is 1. The number of benzene rings is 1. The van der Waals surface area contributed by atoms with Crippen LogP contribution in [0.3, 0.4) is 0 Å². The summed E-state index contributed by atoms with van der Waals surface area (Å²) in [5.74, 6) is 0.962. The minimum absolute atomic E-state index is 0.463. The smallest absolute Gasteiger partial charge is 0.125 e. The molecule has 1 nitrogen and oxygen atoms in total. The van der Waals surface area contributed by atoms with Crippen LogP contribution in [0.1, 0.15) is 0 Å². The van der Waals surface area contributed by atoms with Crippen molar-refractivity contribution >= 4 is 14.0 Å². The standard InChI is InChI=1S/C12H15OSi/c1-4-5-10-13-11-8-6-7-9-12(11)14(2)3/h4-10H,1H2,2-3H3. The van der Waals surface area contributed by atoms with Crippen LogP contribution in [-0.4, -0.2) is 8.80 Å². The molecular formula is C12H15OSi. The Kier molecular flexibility index (Phi) is 4.20. The maximum atomic E-state index is 5.51. The number of hydrogen-bond acceptors (Lipinski definition) is 1. The third-order valence-electron chi connectivity index (χ3n) is 1.84. The molecule has 1 rings (SSSR count). The van der Waals surface area contributed by atoms with E-state index in [1.807, 2.05) is 12.1 Å². The first kappa shape index (κ1) is 10.8. The van der Waals surface area contributed by atoms with Gasteiger partial charge in [0.1, 0.15) is 5.75 Å². The molecule has 0 aliphatic carbocycles. The van der Waals surface area contributed by atoms with Gasteiger partial charge in [-0.05, 0) is 17.3 Å². The average Bonchev–Trinajstić information content (AvgIpc) is 2.19. The van der Waals surface area contributed by atoms with E-state index in [2.05, 4.69) is 31.8 Å². The van der Waals surface area contributed by atoms with Gasteiger partial charge in [-0.3, -0.25) is 0 Å². The van der Waals surface area contributed by atoms with Crippen LogP contribution in [0.25, 0.3) is 0 Å². The fourth-order valence-corrected chi connectivity index (χ4v) is 2.22. The lowest BCUT2D eigenvalue weighted by Crippen LogP contribution is -2.23. The minimum atomic E-state index is -0.463. The Balaban J connectivity index is 2.84. The van der Waals surface area contributed by atoms with E-state index in [9.17, 15) is 0 Å². The van der Waals surface area contributed by atoms with Crippen molar-refractivity contribution < 1.29 is 4.74 Å². The van der Waals surface area contributed by atoms with Gasteiger partial charge in [0.2, 0.25) is 0 Å². The molecule has 0 atom stereocenters. The van der Waals surface area contributed by atoms with E-state index in [0.717, 1.165) is 5.75 Å². The third kappa shape index (κ3) is 2.89. The maximum Gasteiger partial charge on any atom is 0.125 e. The average molecular weight is 203 g/mol. The zero-order chi connectivity index (χ0) is 10.4. The number of allylic oxidation sites excluding steroid dienone is 2. The second-order valence-electron chi connectivity index (χ2n) is 3.18. The van der Waals surface area contributed by atoms with Crippen LogP contribution in [-0.2, 0) is 0 Å². The fourth-order valence-electron chi connectivity index (χ4n) is 1.15. The van der Waals surface area contributed by atoms with E-state index in [0.29, 0.717) is 0 Å². The summed E-state index contributed by atoms with van der Waals surface area (Å²) in [4.78, 5) is 0. The normalized spacial score (nSPS) is 10.8. The monoisotopic (exact) mass is 203 g/mol. The Morgan fingerprint density at radius 2 is 2.00 bits per heavy atom. The van der Waals surface area contributed by atoms with Gasteiger partial charge in [0.05, 0.1) is 15.1 Å². The van der Waals surface area contributed by atoms with Crippen molar-refractivity contribution in [3.63, 3.8) is 0 Å². The molecule has 0 unspecified atom stereocenters. The second kappa shape index (κ2) is 5.45. The molecule has 0 saturated carbocycles. The summed E-state index contributed by atoms with van der Waals surface area (Å²) in [6.07, 6.45) is 5.15. The Bertz CT molecular complexity index is 329. The Morgan fingerprint density at radius 3 is 2.64 bits per heavy atom. The van der Waals surface area contributed by atoms with E-state index < -0.39 is 8.80 Å². The fraction of sp³-hybridized carbons (Fsp3) is 0.167. The molecular weight excluding hydrogens is 188 g/mol. The molecule has 14 heavy (non-hydrogen) atoms. The van der Waals surface area contributed by atoms with Gasteiger partial charge in [0.15, 0.2) is 0 Å². The quantitative estimate of drug-likeness (QED) is 0.415. The van der Waals surface area contributed by atoms with Crippen LogP contribution in [0.4, 0.5) is 0 Å². The second-order valence-corrected chi connectivity index (χ2v) is 5.72. The molecule has 0 aliphatic rings. The molecule has 0 N–H and O–H groups in total. The minimum Gasteiger partial charge on any atom is -0.465 e. The highest BCUT2D eigenvalue weighted by atomic mass is 28.3. The Hall–Kier alpha value is -1.28. The highest BCUT2D eigenvalue weighted by Crippen LogP contribution is 2.08. The molecule has 1 aromatic rings. The molecule has 2 heteroatoms. The van der Waals surface area contributed by atoms with Gasteiger partial charge in [-0.25, -0.2) is 0 Å². The van der Waals surface area contributed by atoms with Crippen molar-refractivity contribution in [2.75, 3.05) is 0 Å². The van der Waals surface area contributed by atoms with Crippen molar-refractivity contribution in [2.24, 2.45) is 0 Å². The van der Waals surface area contributed by atoms with E-state index >= 15 is 0 Å². The lowest BCUT2D eigenvalue weighted by atomic mass is 10.3. The van der Waals surface area contributed by atoms with Gasteiger partial charge >= 0.3 is 0 Å². The lowest BCUT2D eigenvalue weighted by molar-refractivity contribution is 0.485. The molecule has 0 saturated heterocycles. The summed E-state index contributed by atoms with van der Waals surface area (Å²) in [5.41, 5.74) is 0. The third-order valence-corrected chi connectivity index (χ3v) is 3.33. The lowest BCUT2D eigenvalue weighted by Gasteiger charge is -2.09. The van der Waals surface area contributed by atoms with Crippen molar-refractivity contribution in [3.05, 3.63) is 49.3 Å². The van der Waals surface area contributed by atoms with Gasteiger partial charge in [-0.15, -0.1) is 0 Å². The topological polar surface area (TPSA) is 9.23 Å². The first-order chi connectivity index (χ1) is 6.75. The summed E-state index contributed by atoms with van der Waals surface area (Å²) >= 11 is 0. The molecule has 0 heterocycles. The van der Waals surface area contributed by atoms with Gasteiger partial charge in [0.25, 0.3) is 0 Å². The molecule has 0 aromatic heterocycles. The molecule has 0 amide bonds. The molecule has 0 fully saturated rings. The van der Waals surface area contributed by atoms with Gasteiger partial charge in [-0.1, -0.05) is 43.9 Å². The van der Waals surface area contributed by atoms with Crippen LogP contribution in [0.5, 0.6) is 5.75 Å². The molecule has 0 aliphatic heterocycles. The number of hydrogen-bond donors (Lipinski definition) is 0. The zero-order valence-electron chi connectivity index (χ0n) is 8.66. The first-order valence-corrected chi connectivity index (χ1v) is 7.09. The van der Waals surface area contributed by atoms with Crippen LogP contribution >= 0.6 is 0 Å². The van der Waals surface area contributed by atoms with Crippen LogP contribution in [0, 0.1) is 0 Å². The summed E-state index contributed by atoms with van der Waals surface area (Å²) in [6.45, 7) is 8.10. The van der Waals surface area contributed by atoms with E-state index in [1.54, 1.807) is 18.4 Å². The highest BCUT2D eigenvalue weighted by Gasteiger charge is 2.06. The molecule has 1 radical (unpaired) electrons. The molecule has 1 aromatic carbocycles. The Labute approximate surface area is 87.3 Å². The van der Waals surface area contributed by atoms with Crippen molar-refractivity contribution in [1.82, 2.24) is 0 Å².